The van der Waals surface area contributed by atoms with Crippen molar-refractivity contribution in [2.75, 3.05) is 39.6 Å². The standard InChI is InChI=1S/C8H14O5.C4H10O3/c9-5-6-13-8(12)4-2-1-3-7(10)11;5-1-3-7-4-2-6/h9H,1-6H2,(H,10,11);5-6H,1-4H2. The molecule has 4 N–H and O–H groups in total. The van der Waals surface area contributed by atoms with Crippen LogP contribution < -0.4 is 0 Å². The van der Waals surface area contributed by atoms with E-state index < -0.39 is 5.97 Å². The Morgan fingerprint density at radius 2 is 1.30 bits per heavy atom. The molecule has 0 unspecified atom stereocenters. The van der Waals surface area contributed by atoms with E-state index in [-0.39, 0.29) is 45.2 Å². The Hall–Kier alpha value is -1.22. The fourth-order valence-electron chi connectivity index (χ4n) is 1.01. The van der Waals surface area contributed by atoms with Crippen LogP contribution in [-0.2, 0) is 19.1 Å². The number of hydrogen-bond acceptors (Lipinski definition) is 7. The Morgan fingerprint density at radius 3 is 1.75 bits per heavy atom. The van der Waals surface area contributed by atoms with Crippen molar-refractivity contribution in [3.63, 3.8) is 0 Å². The minimum Gasteiger partial charge on any atom is -0.481 e. The molecule has 0 aromatic rings. The quantitative estimate of drug-likeness (QED) is 0.286. The molecular formula is C12H24O8. The lowest BCUT2D eigenvalue weighted by Crippen LogP contribution is -2.08. The summed E-state index contributed by atoms with van der Waals surface area (Å²) in [7, 11) is 0. The number of rotatable bonds is 11. The zero-order chi connectivity index (χ0) is 15.6. The van der Waals surface area contributed by atoms with E-state index >= 15 is 0 Å². The van der Waals surface area contributed by atoms with Gasteiger partial charge in [0.2, 0.25) is 0 Å². The average molecular weight is 296 g/mol. The second kappa shape index (κ2) is 17.8. The Labute approximate surface area is 117 Å². The number of carbonyl (C=O) groups is 2. The predicted molar refractivity (Wildman–Crippen MR) is 69.1 cm³/mol. The Kier molecular flexibility index (Phi) is 18.7. The molecular weight excluding hydrogens is 272 g/mol. The van der Waals surface area contributed by atoms with Crippen LogP contribution >= 0.6 is 0 Å². The van der Waals surface area contributed by atoms with Crippen LogP contribution in [0.3, 0.4) is 0 Å². The van der Waals surface area contributed by atoms with Gasteiger partial charge < -0.3 is 29.9 Å². The minimum absolute atomic E-state index is 0.0117. The highest BCUT2D eigenvalue weighted by Gasteiger charge is 2.03. The topological polar surface area (TPSA) is 134 Å². The zero-order valence-electron chi connectivity index (χ0n) is 11.5. The van der Waals surface area contributed by atoms with Gasteiger partial charge in [0.1, 0.15) is 6.61 Å². The fourth-order valence-corrected chi connectivity index (χ4v) is 1.01. The van der Waals surface area contributed by atoms with E-state index in [0.717, 1.165) is 0 Å². The number of unbranched alkanes of at least 4 members (excludes halogenated alkanes) is 1. The molecule has 0 bridgehead atoms. The van der Waals surface area contributed by atoms with Gasteiger partial charge in [-0.2, -0.15) is 0 Å². The van der Waals surface area contributed by atoms with Crippen molar-refractivity contribution in [1.29, 1.82) is 0 Å². The third-order valence-corrected chi connectivity index (χ3v) is 1.85. The van der Waals surface area contributed by atoms with Gasteiger partial charge in [-0.25, -0.2) is 0 Å². The second-order valence-electron chi connectivity index (χ2n) is 3.60. The smallest absolute Gasteiger partial charge is 0.305 e. The first kappa shape index (κ1) is 21.1. The molecule has 0 aromatic heterocycles. The summed E-state index contributed by atoms with van der Waals surface area (Å²) in [5.41, 5.74) is 0. The average Bonchev–Trinajstić information content (AvgIpc) is 2.42. The highest BCUT2D eigenvalue weighted by atomic mass is 16.5. The lowest BCUT2D eigenvalue weighted by molar-refractivity contribution is -0.145. The first-order valence-corrected chi connectivity index (χ1v) is 6.36. The molecule has 0 heterocycles. The number of carboxylic acids is 1. The molecule has 0 saturated carbocycles. The van der Waals surface area contributed by atoms with Gasteiger partial charge in [0.25, 0.3) is 0 Å². The Bertz CT molecular complexity index is 227. The van der Waals surface area contributed by atoms with Gasteiger partial charge in [0.05, 0.1) is 33.0 Å². The summed E-state index contributed by atoms with van der Waals surface area (Å²) in [6.45, 7) is 0.528. The molecule has 0 aliphatic heterocycles. The number of carbonyl (C=O) groups excluding carboxylic acids is 1. The van der Waals surface area contributed by atoms with Gasteiger partial charge >= 0.3 is 11.9 Å². The molecule has 0 spiro atoms. The van der Waals surface area contributed by atoms with Crippen molar-refractivity contribution in [2.24, 2.45) is 0 Å². The van der Waals surface area contributed by atoms with E-state index in [4.69, 9.17) is 20.4 Å². The first-order chi connectivity index (χ1) is 9.58. The summed E-state index contributed by atoms with van der Waals surface area (Å²) in [4.78, 5) is 20.8. The summed E-state index contributed by atoms with van der Waals surface area (Å²) in [5, 5.41) is 32.7. The van der Waals surface area contributed by atoms with Crippen molar-refractivity contribution < 1.29 is 39.5 Å². The highest BCUT2D eigenvalue weighted by molar-refractivity contribution is 5.69. The number of ether oxygens (including phenoxy) is 2. The normalized spacial score (nSPS) is 9.55. The minimum atomic E-state index is -0.858. The Morgan fingerprint density at radius 1 is 0.800 bits per heavy atom. The van der Waals surface area contributed by atoms with Crippen LogP contribution in [0.5, 0.6) is 0 Å². The summed E-state index contributed by atoms with van der Waals surface area (Å²) >= 11 is 0. The molecule has 8 heteroatoms. The van der Waals surface area contributed by atoms with Crippen molar-refractivity contribution in [3.8, 4) is 0 Å². The second-order valence-corrected chi connectivity index (χ2v) is 3.60. The van der Waals surface area contributed by atoms with Crippen LogP contribution in [-0.4, -0.2) is 72.0 Å². The summed E-state index contributed by atoms with van der Waals surface area (Å²) in [6.07, 6.45) is 1.28. The van der Waals surface area contributed by atoms with E-state index in [1.54, 1.807) is 0 Å². The SMILES string of the molecule is O=C(O)CCCCC(=O)OCCO.OCCOCCO. The lowest BCUT2D eigenvalue weighted by atomic mass is 10.2. The molecule has 120 valence electrons. The van der Waals surface area contributed by atoms with E-state index in [1.807, 2.05) is 0 Å². The van der Waals surface area contributed by atoms with Gasteiger partial charge in [-0.1, -0.05) is 0 Å². The van der Waals surface area contributed by atoms with Crippen molar-refractivity contribution >= 4 is 11.9 Å². The highest BCUT2D eigenvalue weighted by Crippen LogP contribution is 2.00. The number of esters is 1. The Balaban J connectivity index is 0. The van der Waals surface area contributed by atoms with E-state index in [9.17, 15) is 9.59 Å². The van der Waals surface area contributed by atoms with Crippen molar-refractivity contribution in [3.05, 3.63) is 0 Å². The summed E-state index contributed by atoms with van der Waals surface area (Å²) in [6, 6.07) is 0. The molecule has 0 aromatic carbocycles. The predicted octanol–water partition coefficient (Wildman–Crippen LogP) is -0.845. The summed E-state index contributed by atoms with van der Waals surface area (Å²) < 4.78 is 9.19. The van der Waals surface area contributed by atoms with Gasteiger partial charge in [-0.05, 0) is 12.8 Å². The number of hydrogen-bond donors (Lipinski definition) is 4. The van der Waals surface area contributed by atoms with E-state index in [0.29, 0.717) is 26.1 Å². The molecule has 0 aliphatic carbocycles. The molecule has 0 rings (SSSR count). The maximum Gasteiger partial charge on any atom is 0.305 e. The van der Waals surface area contributed by atoms with E-state index in [2.05, 4.69) is 9.47 Å². The molecule has 20 heavy (non-hydrogen) atoms. The summed E-state index contributed by atoms with van der Waals surface area (Å²) in [5.74, 6) is -1.25. The van der Waals surface area contributed by atoms with E-state index in [1.165, 1.54) is 0 Å². The monoisotopic (exact) mass is 296 g/mol. The van der Waals surface area contributed by atoms with Crippen LogP contribution in [0.4, 0.5) is 0 Å². The molecule has 0 atom stereocenters. The number of carboxylic acid groups (broad SMARTS) is 1. The van der Waals surface area contributed by atoms with Gasteiger partial charge in [-0.3, -0.25) is 9.59 Å². The maximum atomic E-state index is 10.8. The van der Waals surface area contributed by atoms with Gasteiger partial charge in [0.15, 0.2) is 0 Å². The number of aliphatic hydroxyl groups excluding tert-OH is 3. The van der Waals surface area contributed by atoms with Crippen molar-refractivity contribution in [1.82, 2.24) is 0 Å². The third-order valence-electron chi connectivity index (χ3n) is 1.85. The van der Waals surface area contributed by atoms with Gasteiger partial charge in [-0.15, -0.1) is 0 Å². The van der Waals surface area contributed by atoms with Crippen LogP contribution in [0.25, 0.3) is 0 Å². The van der Waals surface area contributed by atoms with Crippen LogP contribution in [0.2, 0.25) is 0 Å². The largest absolute Gasteiger partial charge is 0.481 e. The molecule has 8 nitrogen and oxygen atoms in total. The zero-order valence-corrected chi connectivity index (χ0v) is 11.5. The van der Waals surface area contributed by atoms with Crippen LogP contribution in [0, 0.1) is 0 Å². The fraction of sp³-hybridized carbons (Fsp3) is 0.833. The molecule has 0 aliphatic rings. The van der Waals surface area contributed by atoms with Crippen molar-refractivity contribution in [2.45, 2.75) is 25.7 Å². The first-order valence-electron chi connectivity index (χ1n) is 6.36. The third kappa shape index (κ3) is 22.0. The molecule has 0 fully saturated rings. The van der Waals surface area contributed by atoms with Crippen LogP contribution in [0.1, 0.15) is 25.7 Å². The number of aliphatic carboxylic acids is 1. The maximum absolute atomic E-state index is 10.8. The lowest BCUT2D eigenvalue weighted by Gasteiger charge is -2.01. The molecule has 0 saturated heterocycles. The van der Waals surface area contributed by atoms with Gasteiger partial charge in [0, 0.05) is 12.8 Å². The molecule has 0 amide bonds. The number of aliphatic hydroxyl groups is 3. The van der Waals surface area contributed by atoms with Crippen LogP contribution in [0.15, 0.2) is 0 Å². The molecule has 0 radical (unpaired) electrons.